The van der Waals surface area contributed by atoms with Crippen molar-refractivity contribution in [3.63, 3.8) is 0 Å². The molecule has 0 aliphatic rings. The first-order valence-electron chi connectivity index (χ1n) is 11.1. The van der Waals surface area contributed by atoms with Crippen LogP contribution in [0.2, 0.25) is 0 Å². The van der Waals surface area contributed by atoms with E-state index in [0.29, 0.717) is 35.1 Å². The zero-order valence-electron chi connectivity index (χ0n) is 19.3. The van der Waals surface area contributed by atoms with Crippen LogP contribution in [0.15, 0.2) is 48.5 Å². The first-order chi connectivity index (χ1) is 15.3. The smallest absolute Gasteiger partial charge is 0.257 e. The molecule has 0 bridgehead atoms. The molecule has 2 amide bonds. The van der Waals surface area contributed by atoms with Crippen molar-refractivity contribution in [1.82, 2.24) is 10.2 Å². The molecule has 32 heavy (non-hydrogen) atoms. The van der Waals surface area contributed by atoms with E-state index in [0.717, 1.165) is 25.9 Å². The van der Waals surface area contributed by atoms with E-state index in [2.05, 4.69) is 38.3 Å². The Morgan fingerprint density at radius 2 is 1.66 bits per heavy atom. The number of hydrogen-bond donors (Lipinski definition) is 2. The van der Waals surface area contributed by atoms with Gasteiger partial charge < -0.3 is 15.0 Å². The third kappa shape index (κ3) is 7.96. The number of ether oxygens (including phenoxy) is 1. The Morgan fingerprint density at radius 1 is 1.00 bits per heavy atom. The third-order valence-corrected chi connectivity index (χ3v) is 4.77. The molecule has 0 atom stereocenters. The zero-order valence-corrected chi connectivity index (χ0v) is 20.1. The lowest BCUT2D eigenvalue weighted by Crippen LogP contribution is -2.34. The number of thiocarbonyl (C=S) groups is 1. The van der Waals surface area contributed by atoms with Crippen LogP contribution in [-0.2, 0) is 0 Å². The SMILES string of the molecule is CCCN(CCC)C(=O)c1ccc(NC(=S)NC(=O)c2cccc(OCC(C)C)c2)cc1. The highest BCUT2D eigenvalue weighted by atomic mass is 32.1. The normalized spacial score (nSPS) is 10.5. The van der Waals surface area contributed by atoms with Crippen LogP contribution in [0.25, 0.3) is 0 Å². The Hall–Kier alpha value is -2.93. The van der Waals surface area contributed by atoms with Gasteiger partial charge in [-0.3, -0.25) is 14.9 Å². The molecule has 0 spiro atoms. The highest BCUT2D eigenvalue weighted by Crippen LogP contribution is 2.15. The van der Waals surface area contributed by atoms with E-state index in [1.807, 2.05) is 11.0 Å². The molecule has 0 aromatic heterocycles. The first-order valence-corrected chi connectivity index (χ1v) is 11.5. The average Bonchev–Trinajstić information content (AvgIpc) is 2.77. The summed E-state index contributed by atoms with van der Waals surface area (Å²) >= 11 is 5.28. The Balaban J connectivity index is 1.95. The van der Waals surface area contributed by atoms with Gasteiger partial charge in [0.05, 0.1) is 6.61 Å². The van der Waals surface area contributed by atoms with Crippen LogP contribution in [0.3, 0.4) is 0 Å². The van der Waals surface area contributed by atoms with Crippen molar-refractivity contribution >= 4 is 34.8 Å². The predicted octanol–water partition coefficient (Wildman–Crippen LogP) is 5.11. The standard InChI is InChI=1S/C25H33N3O3S/c1-5-14-28(15-6-2)24(30)19-10-12-21(13-11-19)26-25(32)27-23(29)20-8-7-9-22(16-20)31-17-18(3)4/h7-13,16,18H,5-6,14-15,17H2,1-4H3,(H2,26,27,29,32). The molecule has 2 N–H and O–H groups in total. The number of nitrogens with zero attached hydrogens (tertiary/aromatic N) is 1. The lowest BCUT2D eigenvalue weighted by Gasteiger charge is -2.21. The van der Waals surface area contributed by atoms with Crippen molar-refractivity contribution in [3.05, 3.63) is 59.7 Å². The fraction of sp³-hybridized carbons (Fsp3) is 0.400. The Labute approximate surface area is 196 Å². The van der Waals surface area contributed by atoms with Crippen molar-refractivity contribution in [2.45, 2.75) is 40.5 Å². The van der Waals surface area contributed by atoms with Crippen molar-refractivity contribution in [1.29, 1.82) is 0 Å². The summed E-state index contributed by atoms with van der Waals surface area (Å²) in [5.41, 5.74) is 1.78. The number of anilines is 1. The van der Waals surface area contributed by atoms with E-state index in [-0.39, 0.29) is 16.9 Å². The minimum Gasteiger partial charge on any atom is -0.493 e. The van der Waals surface area contributed by atoms with E-state index in [1.54, 1.807) is 42.5 Å². The topological polar surface area (TPSA) is 70.7 Å². The molecule has 0 aliphatic heterocycles. The fourth-order valence-electron chi connectivity index (χ4n) is 3.06. The molecule has 2 aromatic rings. The van der Waals surface area contributed by atoms with Gasteiger partial charge in [0.15, 0.2) is 5.11 Å². The van der Waals surface area contributed by atoms with E-state index in [4.69, 9.17) is 17.0 Å². The molecule has 172 valence electrons. The molecule has 2 aromatic carbocycles. The third-order valence-electron chi connectivity index (χ3n) is 4.57. The molecule has 0 aliphatic carbocycles. The summed E-state index contributed by atoms with van der Waals surface area (Å²) in [5.74, 6) is 0.743. The van der Waals surface area contributed by atoms with Gasteiger partial charge in [0.2, 0.25) is 0 Å². The zero-order chi connectivity index (χ0) is 23.5. The molecular weight excluding hydrogens is 422 g/mol. The monoisotopic (exact) mass is 455 g/mol. The average molecular weight is 456 g/mol. The number of carbonyl (C=O) groups is 2. The highest BCUT2D eigenvalue weighted by Gasteiger charge is 2.14. The van der Waals surface area contributed by atoms with Crippen LogP contribution in [0.4, 0.5) is 5.69 Å². The second kappa shape index (κ2) is 12.8. The Bertz CT molecular complexity index is 907. The van der Waals surface area contributed by atoms with Gasteiger partial charge in [0, 0.05) is 29.9 Å². The largest absolute Gasteiger partial charge is 0.493 e. The highest BCUT2D eigenvalue weighted by molar-refractivity contribution is 7.80. The van der Waals surface area contributed by atoms with Crippen LogP contribution >= 0.6 is 12.2 Å². The van der Waals surface area contributed by atoms with Crippen molar-refractivity contribution in [2.24, 2.45) is 5.92 Å². The molecular formula is C25H33N3O3S. The van der Waals surface area contributed by atoms with Crippen LogP contribution in [0.5, 0.6) is 5.75 Å². The van der Waals surface area contributed by atoms with Crippen LogP contribution in [0, 0.1) is 5.92 Å². The van der Waals surface area contributed by atoms with Crippen LogP contribution < -0.4 is 15.4 Å². The van der Waals surface area contributed by atoms with Gasteiger partial charge in [-0.2, -0.15) is 0 Å². The second-order valence-corrected chi connectivity index (χ2v) is 8.42. The lowest BCUT2D eigenvalue weighted by molar-refractivity contribution is 0.0755. The van der Waals surface area contributed by atoms with Crippen molar-refractivity contribution in [3.8, 4) is 5.75 Å². The number of benzene rings is 2. The molecule has 2 rings (SSSR count). The summed E-state index contributed by atoms with van der Waals surface area (Å²) in [5, 5.41) is 5.84. The number of carbonyl (C=O) groups excluding carboxylic acids is 2. The van der Waals surface area contributed by atoms with Gasteiger partial charge in [0.1, 0.15) is 5.75 Å². The summed E-state index contributed by atoms with van der Waals surface area (Å²) in [6.07, 6.45) is 1.85. The number of nitrogens with one attached hydrogen (secondary N) is 2. The Morgan fingerprint density at radius 3 is 2.25 bits per heavy atom. The van der Waals surface area contributed by atoms with Gasteiger partial charge in [0.25, 0.3) is 11.8 Å². The molecule has 0 saturated carbocycles. The minimum absolute atomic E-state index is 0.0238. The van der Waals surface area contributed by atoms with Gasteiger partial charge in [-0.1, -0.05) is 33.8 Å². The van der Waals surface area contributed by atoms with Gasteiger partial charge >= 0.3 is 0 Å². The van der Waals surface area contributed by atoms with Crippen molar-refractivity contribution < 1.29 is 14.3 Å². The summed E-state index contributed by atoms with van der Waals surface area (Å²) in [6.45, 7) is 10.3. The quantitative estimate of drug-likeness (QED) is 0.487. The predicted molar refractivity (Wildman–Crippen MR) is 133 cm³/mol. The number of rotatable bonds is 10. The van der Waals surface area contributed by atoms with Crippen LogP contribution in [0.1, 0.15) is 61.3 Å². The molecule has 0 unspecified atom stereocenters. The first kappa shape index (κ1) is 25.3. The Kier molecular flexibility index (Phi) is 10.1. The summed E-state index contributed by atoms with van der Waals surface area (Å²) < 4.78 is 5.68. The minimum atomic E-state index is -0.320. The molecule has 0 saturated heterocycles. The molecule has 0 heterocycles. The van der Waals surface area contributed by atoms with E-state index < -0.39 is 0 Å². The maximum absolute atomic E-state index is 12.7. The molecule has 0 radical (unpaired) electrons. The summed E-state index contributed by atoms with van der Waals surface area (Å²) in [7, 11) is 0. The van der Waals surface area contributed by atoms with Gasteiger partial charge in [-0.15, -0.1) is 0 Å². The van der Waals surface area contributed by atoms with Gasteiger partial charge in [-0.25, -0.2) is 0 Å². The summed E-state index contributed by atoms with van der Waals surface area (Å²) in [4.78, 5) is 27.1. The van der Waals surface area contributed by atoms with E-state index in [1.165, 1.54) is 0 Å². The lowest BCUT2D eigenvalue weighted by atomic mass is 10.1. The van der Waals surface area contributed by atoms with E-state index in [9.17, 15) is 9.59 Å². The molecule has 6 nitrogen and oxygen atoms in total. The summed E-state index contributed by atoms with van der Waals surface area (Å²) in [6, 6.07) is 14.1. The van der Waals surface area contributed by atoms with Crippen LogP contribution in [-0.4, -0.2) is 41.5 Å². The number of hydrogen-bond acceptors (Lipinski definition) is 4. The van der Waals surface area contributed by atoms with Gasteiger partial charge in [-0.05, 0) is 73.4 Å². The maximum atomic E-state index is 12.7. The fourth-order valence-corrected chi connectivity index (χ4v) is 3.27. The molecule has 7 heteroatoms. The number of amides is 2. The van der Waals surface area contributed by atoms with Crippen molar-refractivity contribution in [2.75, 3.05) is 25.0 Å². The second-order valence-electron chi connectivity index (χ2n) is 8.01. The van der Waals surface area contributed by atoms with E-state index >= 15 is 0 Å². The molecule has 0 fully saturated rings. The maximum Gasteiger partial charge on any atom is 0.257 e.